The van der Waals surface area contributed by atoms with Crippen molar-refractivity contribution in [3.8, 4) is 0 Å². The lowest BCUT2D eigenvalue weighted by Gasteiger charge is -2.15. The number of nitrogens with one attached hydrogen (secondary N) is 2. The standard InChI is InChI=1S/C8H15N3S2/c1-8(4-3-5-13-8)6-10-11-7(12)9-2/h6H,3-5H2,1-2H3,(H2,9,11,12)/b10-6+. The molecule has 0 aromatic carbocycles. The number of hydrazone groups is 1. The molecule has 13 heavy (non-hydrogen) atoms. The highest BCUT2D eigenvalue weighted by Gasteiger charge is 2.27. The molecule has 1 rings (SSSR count). The largest absolute Gasteiger partial charge is 0.364 e. The Bertz CT molecular complexity index is 209. The van der Waals surface area contributed by atoms with Crippen LogP contribution in [0.5, 0.6) is 0 Å². The first-order chi connectivity index (χ1) is 6.16. The number of rotatable bonds is 2. The summed E-state index contributed by atoms with van der Waals surface area (Å²) in [5, 5.41) is 7.46. The second-order valence-corrected chi connectivity index (χ2v) is 5.25. The molecule has 1 saturated heterocycles. The summed E-state index contributed by atoms with van der Waals surface area (Å²) in [5.41, 5.74) is 2.76. The van der Waals surface area contributed by atoms with Gasteiger partial charge in [0.25, 0.3) is 0 Å². The van der Waals surface area contributed by atoms with Gasteiger partial charge >= 0.3 is 0 Å². The molecule has 1 unspecified atom stereocenters. The third-order valence-corrected chi connectivity index (χ3v) is 3.74. The maximum absolute atomic E-state index is 4.89. The van der Waals surface area contributed by atoms with Crippen LogP contribution in [0.3, 0.4) is 0 Å². The van der Waals surface area contributed by atoms with Crippen molar-refractivity contribution in [2.24, 2.45) is 5.10 Å². The SMILES string of the molecule is CNC(=S)N/N=C/C1(C)CCCS1. The molecule has 0 aromatic rings. The molecule has 1 heterocycles. The van der Waals surface area contributed by atoms with Gasteiger partial charge in [-0.2, -0.15) is 5.10 Å². The highest BCUT2D eigenvalue weighted by Crippen LogP contribution is 2.35. The van der Waals surface area contributed by atoms with E-state index in [4.69, 9.17) is 12.2 Å². The molecule has 0 bridgehead atoms. The van der Waals surface area contributed by atoms with E-state index in [0.29, 0.717) is 5.11 Å². The van der Waals surface area contributed by atoms with Gasteiger partial charge in [-0.1, -0.05) is 0 Å². The topological polar surface area (TPSA) is 36.4 Å². The molecule has 0 aliphatic carbocycles. The second kappa shape index (κ2) is 4.81. The molecular weight excluding hydrogens is 202 g/mol. The molecular formula is C8H15N3S2. The van der Waals surface area contributed by atoms with Crippen molar-refractivity contribution in [3.05, 3.63) is 0 Å². The van der Waals surface area contributed by atoms with E-state index in [1.54, 1.807) is 7.05 Å². The fourth-order valence-electron chi connectivity index (χ4n) is 1.19. The Morgan fingerprint density at radius 3 is 3.00 bits per heavy atom. The number of thioether (sulfide) groups is 1. The Balaban J connectivity index is 2.34. The minimum atomic E-state index is 0.205. The van der Waals surface area contributed by atoms with Crippen molar-refractivity contribution in [1.29, 1.82) is 0 Å². The zero-order chi connectivity index (χ0) is 9.73. The van der Waals surface area contributed by atoms with Crippen molar-refractivity contribution in [2.45, 2.75) is 24.5 Å². The number of thiocarbonyl (C=S) groups is 1. The van der Waals surface area contributed by atoms with Crippen LogP contribution in [0.4, 0.5) is 0 Å². The van der Waals surface area contributed by atoms with Gasteiger partial charge in [0.05, 0.1) is 4.75 Å². The minimum absolute atomic E-state index is 0.205. The number of hydrogen-bond donors (Lipinski definition) is 2. The van der Waals surface area contributed by atoms with E-state index in [2.05, 4.69) is 22.8 Å². The molecule has 74 valence electrons. The molecule has 1 fully saturated rings. The highest BCUT2D eigenvalue weighted by molar-refractivity contribution is 8.01. The summed E-state index contributed by atoms with van der Waals surface area (Å²) >= 11 is 6.84. The molecule has 2 N–H and O–H groups in total. The molecule has 0 spiro atoms. The molecule has 1 aliphatic rings. The number of hydrogen-bond acceptors (Lipinski definition) is 3. The van der Waals surface area contributed by atoms with Gasteiger partial charge in [-0.25, -0.2) is 0 Å². The molecule has 1 atom stereocenters. The Morgan fingerprint density at radius 1 is 1.69 bits per heavy atom. The third-order valence-electron chi connectivity index (χ3n) is 1.98. The van der Waals surface area contributed by atoms with E-state index >= 15 is 0 Å². The van der Waals surface area contributed by atoms with Crippen molar-refractivity contribution in [3.63, 3.8) is 0 Å². The minimum Gasteiger partial charge on any atom is -0.364 e. The van der Waals surface area contributed by atoms with Crippen LogP contribution in [0.1, 0.15) is 19.8 Å². The van der Waals surface area contributed by atoms with Gasteiger partial charge in [0.15, 0.2) is 5.11 Å². The predicted octanol–water partition coefficient (Wildman–Crippen LogP) is 1.35. The quantitative estimate of drug-likeness (QED) is 0.416. The zero-order valence-electron chi connectivity index (χ0n) is 7.96. The molecule has 5 heteroatoms. The fourth-order valence-corrected chi connectivity index (χ4v) is 2.41. The van der Waals surface area contributed by atoms with Crippen molar-refractivity contribution in [1.82, 2.24) is 10.7 Å². The summed E-state index contributed by atoms with van der Waals surface area (Å²) in [5.74, 6) is 1.24. The maximum atomic E-state index is 4.89. The van der Waals surface area contributed by atoms with Crippen molar-refractivity contribution >= 4 is 35.3 Å². The molecule has 3 nitrogen and oxygen atoms in total. The van der Waals surface area contributed by atoms with E-state index in [1.165, 1.54) is 18.6 Å². The van der Waals surface area contributed by atoms with Crippen LogP contribution in [0.25, 0.3) is 0 Å². The van der Waals surface area contributed by atoms with E-state index in [-0.39, 0.29) is 4.75 Å². The summed E-state index contributed by atoms with van der Waals surface area (Å²) < 4.78 is 0.205. The Kier molecular flexibility index (Phi) is 3.99. The van der Waals surface area contributed by atoms with Crippen LogP contribution < -0.4 is 10.7 Å². The maximum Gasteiger partial charge on any atom is 0.186 e. The Hall–Kier alpha value is -0.290. The smallest absolute Gasteiger partial charge is 0.186 e. The van der Waals surface area contributed by atoms with Gasteiger partial charge in [-0.15, -0.1) is 11.8 Å². The summed E-state index contributed by atoms with van der Waals surface area (Å²) in [7, 11) is 1.77. The fraction of sp³-hybridized carbons (Fsp3) is 0.750. The molecule has 0 radical (unpaired) electrons. The summed E-state index contributed by atoms with van der Waals surface area (Å²) in [6.45, 7) is 2.21. The first kappa shape index (κ1) is 10.8. The lowest BCUT2D eigenvalue weighted by molar-refractivity contribution is 0.760. The van der Waals surface area contributed by atoms with Crippen LogP contribution in [-0.4, -0.2) is 28.9 Å². The molecule has 0 saturated carbocycles. The van der Waals surface area contributed by atoms with Crippen LogP contribution in [0, 0.1) is 0 Å². The molecule has 0 aromatic heterocycles. The average Bonchev–Trinajstić information content (AvgIpc) is 2.52. The molecule has 1 aliphatic heterocycles. The monoisotopic (exact) mass is 217 g/mol. The number of nitrogens with zero attached hydrogens (tertiary/aromatic N) is 1. The summed E-state index contributed by atoms with van der Waals surface area (Å²) in [6, 6.07) is 0. The first-order valence-corrected chi connectivity index (χ1v) is 5.71. The first-order valence-electron chi connectivity index (χ1n) is 4.32. The van der Waals surface area contributed by atoms with E-state index in [0.717, 1.165) is 0 Å². The van der Waals surface area contributed by atoms with Crippen LogP contribution in [-0.2, 0) is 0 Å². The summed E-state index contributed by atoms with van der Waals surface area (Å²) in [6.07, 6.45) is 4.44. The summed E-state index contributed by atoms with van der Waals surface area (Å²) in [4.78, 5) is 0. The molecule has 0 amide bonds. The van der Waals surface area contributed by atoms with Gasteiger partial charge < -0.3 is 5.32 Å². The highest BCUT2D eigenvalue weighted by atomic mass is 32.2. The predicted molar refractivity (Wildman–Crippen MR) is 63.4 cm³/mol. The van der Waals surface area contributed by atoms with Gasteiger partial charge in [0.1, 0.15) is 0 Å². The Labute approximate surface area is 88.7 Å². The van der Waals surface area contributed by atoms with Gasteiger partial charge in [0, 0.05) is 13.3 Å². The van der Waals surface area contributed by atoms with Gasteiger partial charge in [-0.05, 0) is 37.7 Å². The normalized spacial score (nSPS) is 27.8. The van der Waals surface area contributed by atoms with Gasteiger partial charge in [-0.3, -0.25) is 5.43 Å². The average molecular weight is 217 g/mol. The third kappa shape index (κ3) is 3.52. The van der Waals surface area contributed by atoms with Crippen molar-refractivity contribution < 1.29 is 0 Å². The van der Waals surface area contributed by atoms with Crippen LogP contribution in [0.15, 0.2) is 5.10 Å². The van der Waals surface area contributed by atoms with Crippen molar-refractivity contribution in [2.75, 3.05) is 12.8 Å². The van der Waals surface area contributed by atoms with E-state index < -0.39 is 0 Å². The lowest BCUT2D eigenvalue weighted by Crippen LogP contribution is -2.30. The van der Waals surface area contributed by atoms with E-state index in [1.807, 2.05) is 18.0 Å². The van der Waals surface area contributed by atoms with E-state index in [9.17, 15) is 0 Å². The van der Waals surface area contributed by atoms with Crippen LogP contribution >= 0.6 is 24.0 Å². The second-order valence-electron chi connectivity index (χ2n) is 3.21. The van der Waals surface area contributed by atoms with Gasteiger partial charge in [0.2, 0.25) is 0 Å². The lowest BCUT2D eigenvalue weighted by atomic mass is 10.1. The van der Waals surface area contributed by atoms with Crippen LogP contribution in [0.2, 0.25) is 0 Å². The Morgan fingerprint density at radius 2 is 2.46 bits per heavy atom. The zero-order valence-corrected chi connectivity index (χ0v) is 9.60.